The van der Waals surface area contributed by atoms with Gasteiger partial charge in [-0.1, -0.05) is 42.4 Å². The first-order valence-electron chi connectivity index (χ1n) is 5.93. The average molecular weight is 234 g/mol. The number of hydrogen-bond donors (Lipinski definition) is 2. The fraction of sp³-hybridized carbons (Fsp3) is 0.385. The molecule has 0 radical (unpaired) electrons. The summed E-state index contributed by atoms with van der Waals surface area (Å²) in [5.41, 5.74) is 1.19. The molecule has 0 bridgehead atoms. The highest BCUT2D eigenvalue weighted by Gasteiger charge is 1.96. The Kier molecular flexibility index (Phi) is 7.39. The first-order chi connectivity index (χ1) is 8.29. The van der Waals surface area contributed by atoms with Gasteiger partial charge in [0, 0.05) is 6.61 Å². The Hall–Kier alpha value is -1.10. The number of unbranched alkanes of at least 4 members (excludes halogenated alkanes) is 2. The van der Waals surface area contributed by atoms with Crippen molar-refractivity contribution in [2.75, 3.05) is 6.61 Å². The van der Waals surface area contributed by atoms with E-state index in [1.54, 1.807) is 6.08 Å². The fourth-order valence-corrected chi connectivity index (χ4v) is 1.45. The summed E-state index contributed by atoms with van der Waals surface area (Å²) in [6.45, 7) is 1.40. The van der Waals surface area contributed by atoms with E-state index in [4.69, 9.17) is 14.8 Å². The molecule has 0 aliphatic carbocycles. The quantitative estimate of drug-likeness (QED) is 0.533. The highest BCUT2D eigenvalue weighted by molar-refractivity contribution is 6.47. The highest BCUT2D eigenvalue weighted by atomic mass is 16.5. The van der Waals surface area contributed by atoms with Gasteiger partial charge in [-0.2, -0.15) is 0 Å². The van der Waals surface area contributed by atoms with Crippen molar-refractivity contribution in [3.05, 3.63) is 47.9 Å². The van der Waals surface area contributed by atoms with Crippen LogP contribution in [0.15, 0.2) is 42.4 Å². The third-order valence-electron chi connectivity index (χ3n) is 2.33. The van der Waals surface area contributed by atoms with Crippen LogP contribution in [0.25, 0.3) is 0 Å². The number of allylic oxidation sites excluding steroid dienone is 1. The van der Waals surface area contributed by atoms with E-state index in [2.05, 4.69) is 0 Å². The molecule has 0 atom stereocenters. The first-order valence-corrected chi connectivity index (χ1v) is 5.93. The Labute approximate surface area is 103 Å². The minimum Gasteiger partial charge on any atom is -0.424 e. The van der Waals surface area contributed by atoms with Crippen LogP contribution in [0.4, 0.5) is 0 Å². The van der Waals surface area contributed by atoms with E-state index in [1.165, 1.54) is 11.5 Å². The molecule has 0 aliphatic heterocycles. The van der Waals surface area contributed by atoms with Crippen LogP contribution >= 0.6 is 0 Å². The van der Waals surface area contributed by atoms with Gasteiger partial charge < -0.3 is 14.8 Å². The molecule has 0 heterocycles. The molecule has 17 heavy (non-hydrogen) atoms. The zero-order valence-electron chi connectivity index (χ0n) is 9.96. The predicted octanol–water partition coefficient (Wildman–Crippen LogP) is 1.94. The van der Waals surface area contributed by atoms with Crippen LogP contribution in [0.5, 0.6) is 0 Å². The summed E-state index contributed by atoms with van der Waals surface area (Å²) in [4.78, 5) is 0. The summed E-state index contributed by atoms with van der Waals surface area (Å²) < 4.78 is 5.52. The van der Waals surface area contributed by atoms with Gasteiger partial charge in [0.25, 0.3) is 0 Å². The smallest absolute Gasteiger partial charge is 0.424 e. The van der Waals surface area contributed by atoms with Crippen LogP contribution in [0.3, 0.4) is 0 Å². The summed E-state index contributed by atoms with van der Waals surface area (Å²) in [6.07, 6.45) is 4.62. The Bertz CT molecular complexity index is 312. The van der Waals surface area contributed by atoms with E-state index >= 15 is 0 Å². The fourth-order valence-electron chi connectivity index (χ4n) is 1.45. The monoisotopic (exact) mass is 234 g/mol. The molecule has 0 aliphatic rings. The average Bonchev–Trinajstić information content (AvgIpc) is 2.33. The van der Waals surface area contributed by atoms with E-state index in [9.17, 15) is 0 Å². The summed E-state index contributed by atoms with van der Waals surface area (Å²) in [6, 6.07) is 10.1. The van der Waals surface area contributed by atoms with Gasteiger partial charge in [0.05, 0.1) is 6.61 Å². The Morgan fingerprint density at radius 3 is 2.59 bits per heavy atom. The molecule has 92 valence electrons. The molecule has 4 heteroatoms. The third-order valence-corrected chi connectivity index (χ3v) is 2.33. The van der Waals surface area contributed by atoms with Crippen LogP contribution < -0.4 is 0 Å². The molecule has 0 aromatic heterocycles. The molecule has 0 amide bonds. The lowest BCUT2D eigenvalue weighted by molar-refractivity contribution is 0.117. The SMILES string of the molecule is OB(O)/C=C/CCCCOCc1ccccc1. The standard InChI is InChI=1S/C13H19BO3/c15-14(16)10-6-1-2-7-11-17-12-13-8-4-3-5-9-13/h3-6,8-10,15-16H,1-2,7,11-12H2/b10-6+. The van der Waals surface area contributed by atoms with Gasteiger partial charge in [0.2, 0.25) is 0 Å². The largest absolute Gasteiger partial charge is 0.480 e. The maximum atomic E-state index is 8.56. The number of ether oxygens (including phenoxy) is 1. The van der Waals surface area contributed by atoms with Gasteiger partial charge in [-0.25, -0.2) is 0 Å². The molecule has 0 saturated carbocycles. The number of hydrogen-bond acceptors (Lipinski definition) is 3. The molecule has 2 N–H and O–H groups in total. The van der Waals surface area contributed by atoms with Crippen LogP contribution in [0, 0.1) is 0 Å². The summed E-state index contributed by atoms with van der Waals surface area (Å²) in [5, 5.41) is 17.1. The minimum atomic E-state index is -1.33. The molecule has 0 saturated heterocycles. The van der Waals surface area contributed by atoms with Crippen molar-refractivity contribution in [1.29, 1.82) is 0 Å². The molecular weight excluding hydrogens is 215 g/mol. The van der Waals surface area contributed by atoms with Gasteiger partial charge in [-0.15, -0.1) is 0 Å². The zero-order valence-corrected chi connectivity index (χ0v) is 9.96. The molecular formula is C13H19BO3. The lowest BCUT2D eigenvalue weighted by atomic mass is 9.91. The van der Waals surface area contributed by atoms with E-state index < -0.39 is 7.12 Å². The molecule has 3 nitrogen and oxygen atoms in total. The second-order valence-corrected chi connectivity index (χ2v) is 3.88. The predicted molar refractivity (Wildman–Crippen MR) is 69.3 cm³/mol. The van der Waals surface area contributed by atoms with Crippen molar-refractivity contribution in [3.63, 3.8) is 0 Å². The molecule has 0 unspecified atom stereocenters. The number of benzene rings is 1. The van der Waals surface area contributed by atoms with Crippen LogP contribution in [-0.2, 0) is 11.3 Å². The minimum absolute atomic E-state index is 0.659. The molecule has 1 aromatic carbocycles. The van der Waals surface area contributed by atoms with Gasteiger partial charge in [0.15, 0.2) is 0 Å². The second kappa shape index (κ2) is 8.99. The van der Waals surface area contributed by atoms with Gasteiger partial charge >= 0.3 is 7.12 Å². The molecule has 1 aromatic rings. The van der Waals surface area contributed by atoms with Crippen molar-refractivity contribution < 1.29 is 14.8 Å². The van der Waals surface area contributed by atoms with Crippen LogP contribution in [0.1, 0.15) is 24.8 Å². The summed E-state index contributed by atoms with van der Waals surface area (Å²) in [5.74, 6) is 1.38. The maximum absolute atomic E-state index is 8.56. The van der Waals surface area contributed by atoms with Gasteiger partial charge in [0.1, 0.15) is 0 Å². The molecule has 0 spiro atoms. The van der Waals surface area contributed by atoms with E-state index in [1.807, 2.05) is 30.3 Å². The van der Waals surface area contributed by atoms with E-state index in [-0.39, 0.29) is 0 Å². The van der Waals surface area contributed by atoms with E-state index in [0.717, 1.165) is 25.9 Å². The van der Waals surface area contributed by atoms with Gasteiger partial charge in [-0.3, -0.25) is 0 Å². The van der Waals surface area contributed by atoms with Crippen LogP contribution in [0.2, 0.25) is 0 Å². The first kappa shape index (κ1) is 14.0. The van der Waals surface area contributed by atoms with Crippen molar-refractivity contribution in [2.24, 2.45) is 0 Å². The Morgan fingerprint density at radius 2 is 1.88 bits per heavy atom. The number of rotatable bonds is 8. The topological polar surface area (TPSA) is 49.7 Å². The second-order valence-electron chi connectivity index (χ2n) is 3.88. The van der Waals surface area contributed by atoms with Crippen LogP contribution in [-0.4, -0.2) is 23.8 Å². The molecule has 1 rings (SSSR count). The lowest BCUT2D eigenvalue weighted by Crippen LogP contribution is -2.05. The van der Waals surface area contributed by atoms with Gasteiger partial charge in [-0.05, 0) is 24.8 Å². The zero-order chi connectivity index (χ0) is 12.3. The van der Waals surface area contributed by atoms with Crippen molar-refractivity contribution >= 4 is 7.12 Å². The third kappa shape index (κ3) is 7.74. The van der Waals surface area contributed by atoms with Crippen molar-refractivity contribution in [2.45, 2.75) is 25.9 Å². The normalized spacial score (nSPS) is 10.9. The van der Waals surface area contributed by atoms with Crippen molar-refractivity contribution in [1.82, 2.24) is 0 Å². The summed E-state index contributed by atoms with van der Waals surface area (Å²) >= 11 is 0. The lowest BCUT2D eigenvalue weighted by Gasteiger charge is -2.03. The summed E-state index contributed by atoms with van der Waals surface area (Å²) in [7, 11) is -1.33. The van der Waals surface area contributed by atoms with E-state index in [0.29, 0.717) is 6.61 Å². The Balaban J connectivity index is 1.95. The highest BCUT2D eigenvalue weighted by Crippen LogP contribution is 2.02. The Morgan fingerprint density at radius 1 is 1.12 bits per heavy atom. The maximum Gasteiger partial charge on any atom is 0.480 e. The van der Waals surface area contributed by atoms with Crippen molar-refractivity contribution in [3.8, 4) is 0 Å². The molecule has 0 fully saturated rings.